The number of rotatable bonds is 2. The molecular weight excluding hydrogens is 350 g/mol. The van der Waals surface area contributed by atoms with Crippen LogP contribution in [-0.4, -0.2) is 41.4 Å². The Bertz CT molecular complexity index is 527. The summed E-state index contributed by atoms with van der Waals surface area (Å²) < 4.78 is 0.535. The van der Waals surface area contributed by atoms with Gasteiger partial charge in [0.25, 0.3) is 11.6 Å². The number of carbonyl (C=O) groups excluding carboxylic acids is 1. The van der Waals surface area contributed by atoms with Gasteiger partial charge in [0.05, 0.1) is 4.92 Å². The van der Waals surface area contributed by atoms with Crippen LogP contribution in [0.4, 0.5) is 5.69 Å². The van der Waals surface area contributed by atoms with Crippen molar-refractivity contribution in [2.24, 2.45) is 0 Å². The Labute approximate surface area is 131 Å². The lowest BCUT2D eigenvalue weighted by Crippen LogP contribution is -2.52. The van der Waals surface area contributed by atoms with Gasteiger partial charge in [-0.1, -0.05) is 15.9 Å². The summed E-state index contributed by atoms with van der Waals surface area (Å²) in [6.45, 7) is 4.05. The van der Waals surface area contributed by atoms with Crippen molar-refractivity contribution in [1.29, 1.82) is 0 Å². The Morgan fingerprint density at radius 1 is 1.50 bits per heavy atom. The molecule has 0 unspecified atom stereocenters. The molecule has 2 rings (SSSR count). The molecule has 1 fully saturated rings. The molecule has 0 saturated carbocycles. The molecule has 0 aromatic heterocycles. The van der Waals surface area contributed by atoms with Gasteiger partial charge in [0.2, 0.25) is 0 Å². The summed E-state index contributed by atoms with van der Waals surface area (Å²) in [6.07, 6.45) is 0. The Morgan fingerprint density at radius 2 is 2.20 bits per heavy atom. The van der Waals surface area contributed by atoms with Gasteiger partial charge in [-0.2, -0.15) is 0 Å². The van der Waals surface area contributed by atoms with Crippen LogP contribution in [0.2, 0.25) is 0 Å². The highest BCUT2D eigenvalue weighted by Crippen LogP contribution is 2.23. The van der Waals surface area contributed by atoms with Crippen molar-refractivity contribution in [3.8, 4) is 0 Å². The highest BCUT2D eigenvalue weighted by Gasteiger charge is 2.25. The van der Waals surface area contributed by atoms with Gasteiger partial charge in [-0.05, 0) is 13.0 Å². The molecule has 0 bridgehead atoms. The Kier molecular flexibility index (Phi) is 5.91. The molecule has 8 heteroatoms. The van der Waals surface area contributed by atoms with Crippen LogP contribution in [0.3, 0.4) is 0 Å². The molecule has 110 valence electrons. The summed E-state index contributed by atoms with van der Waals surface area (Å²) in [5, 5.41) is 14.0. The van der Waals surface area contributed by atoms with Gasteiger partial charge < -0.3 is 10.2 Å². The zero-order valence-corrected chi connectivity index (χ0v) is 13.2. The van der Waals surface area contributed by atoms with Crippen molar-refractivity contribution in [2.75, 3.05) is 19.6 Å². The van der Waals surface area contributed by atoms with Crippen molar-refractivity contribution in [3.63, 3.8) is 0 Å². The van der Waals surface area contributed by atoms with Gasteiger partial charge in [-0.25, -0.2) is 0 Å². The fraction of sp³-hybridized carbons (Fsp3) is 0.417. The van der Waals surface area contributed by atoms with E-state index in [0.717, 1.165) is 13.1 Å². The van der Waals surface area contributed by atoms with Gasteiger partial charge in [-0.3, -0.25) is 14.9 Å². The molecule has 1 aromatic rings. The molecule has 1 amide bonds. The molecule has 0 radical (unpaired) electrons. The molecule has 1 atom stereocenters. The second-order valence-corrected chi connectivity index (χ2v) is 5.42. The van der Waals surface area contributed by atoms with Crippen molar-refractivity contribution >= 4 is 39.9 Å². The second-order valence-electron chi connectivity index (χ2n) is 4.51. The van der Waals surface area contributed by atoms with Crippen molar-refractivity contribution in [1.82, 2.24) is 10.2 Å². The van der Waals surface area contributed by atoms with Crippen LogP contribution >= 0.6 is 28.3 Å². The number of benzene rings is 1. The van der Waals surface area contributed by atoms with E-state index in [9.17, 15) is 14.9 Å². The quantitative estimate of drug-likeness (QED) is 0.645. The number of halogens is 2. The van der Waals surface area contributed by atoms with E-state index in [1.807, 2.05) is 6.92 Å². The molecule has 20 heavy (non-hydrogen) atoms. The van der Waals surface area contributed by atoms with Gasteiger partial charge in [0.1, 0.15) is 0 Å². The smallest absolute Gasteiger partial charge is 0.271 e. The third-order valence-corrected chi connectivity index (χ3v) is 3.56. The van der Waals surface area contributed by atoms with Crippen molar-refractivity contribution in [3.05, 3.63) is 38.3 Å². The number of amides is 1. The van der Waals surface area contributed by atoms with Crippen molar-refractivity contribution in [2.45, 2.75) is 13.0 Å². The highest BCUT2D eigenvalue weighted by molar-refractivity contribution is 9.10. The van der Waals surface area contributed by atoms with E-state index in [-0.39, 0.29) is 30.0 Å². The maximum absolute atomic E-state index is 12.4. The number of non-ortho nitro benzene ring substituents is 1. The van der Waals surface area contributed by atoms with Gasteiger partial charge >= 0.3 is 0 Å². The van der Waals surface area contributed by atoms with Crippen LogP contribution in [0.5, 0.6) is 0 Å². The van der Waals surface area contributed by atoms with E-state index < -0.39 is 4.92 Å². The summed E-state index contributed by atoms with van der Waals surface area (Å²) in [5.74, 6) is -0.168. The summed E-state index contributed by atoms with van der Waals surface area (Å²) in [6, 6.07) is 4.41. The average Bonchev–Trinajstić information content (AvgIpc) is 2.37. The SMILES string of the molecule is C[C@H]1CNCCN1C(=O)c1cc(Br)cc([N+](=O)[O-])c1.Cl. The standard InChI is InChI=1S/C12H14BrN3O3.ClH/c1-8-7-14-2-3-15(8)12(17)9-4-10(13)6-11(5-9)16(18)19;/h4-6,8,14H,2-3,7H2,1H3;1H/t8-;/m0./s1. The number of nitrogens with zero attached hydrogens (tertiary/aromatic N) is 2. The van der Waals surface area contributed by atoms with E-state index in [0.29, 0.717) is 16.6 Å². The maximum atomic E-state index is 12.4. The summed E-state index contributed by atoms with van der Waals surface area (Å²) in [7, 11) is 0. The minimum absolute atomic E-state index is 0. The van der Waals surface area contributed by atoms with Crippen LogP contribution < -0.4 is 5.32 Å². The van der Waals surface area contributed by atoms with Gasteiger partial charge in [-0.15, -0.1) is 12.4 Å². The fourth-order valence-corrected chi connectivity index (χ4v) is 2.59. The first kappa shape index (κ1) is 16.9. The summed E-state index contributed by atoms with van der Waals surface area (Å²) in [5.41, 5.74) is 0.260. The lowest BCUT2D eigenvalue weighted by Gasteiger charge is -2.34. The largest absolute Gasteiger partial charge is 0.333 e. The Hall–Kier alpha value is -1.18. The van der Waals surface area contributed by atoms with Crippen LogP contribution in [-0.2, 0) is 0 Å². The molecular formula is C12H15BrClN3O3. The Balaban J connectivity index is 0.00000200. The Morgan fingerprint density at radius 3 is 2.80 bits per heavy atom. The van der Waals surface area contributed by atoms with E-state index in [1.165, 1.54) is 12.1 Å². The predicted molar refractivity (Wildman–Crippen MR) is 81.4 cm³/mol. The fourth-order valence-electron chi connectivity index (χ4n) is 2.11. The molecule has 6 nitrogen and oxygen atoms in total. The zero-order valence-electron chi connectivity index (χ0n) is 10.8. The molecule has 1 saturated heterocycles. The number of nitro benzene ring substituents is 1. The molecule has 1 heterocycles. The first-order valence-electron chi connectivity index (χ1n) is 5.95. The number of hydrogen-bond acceptors (Lipinski definition) is 4. The number of piperazine rings is 1. The van der Waals surface area contributed by atoms with Crippen molar-refractivity contribution < 1.29 is 9.72 Å². The third kappa shape index (κ3) is 3.68. The number of hydrogen-bond donors (Lipinski definition) is 1. The molecule has 1 aromatic carbocycles. The third-order valence-electron chi connectivity index (χ3n) is 3.10. The van der Waals surface area contributed by atoms with E-state index >= 15 is 0 Å². The second kappa shape index (κ2) is 7.01. The molecule has 1 aliphatic rings. The van der Waals surface area contributed by atoms with Gasteiger partial charge in [0.15, 0.2) is 0 Å². The number of nitrogens with one attached hydrogen (secondary N) is 1. The first-order valence-corrected chi connectivity index (χ1v) is 6.75. The lowest BCUT2D eigenvalue weighted by molar-refractivity contribution is -0.385. The maximum Gasteiger partial charge on any atom is 0.271 e. The van der Waals surface area contributed by atoms with Crippen LogP contribution in [0.1, 0.15) is 17.3 Å². The average molecular weight is 365 g/mol. The molecule has 1 N–H and O–H groups in total. The molecule has 0 aliphatic carbocycles. The van der Waals surface area contributed by atoms with Crippen LogP contribution in [0.15, 0.2) is 22.7 Å². The van der Waals surface area contributed by atoms with Crippen LogP contribution in [0.25, 0.3) is 0 Å². The summed E-state index contributed by atoms with van der Waals surface area (Å²) in [4.78, 5) is 24.5. The number of nitro groups is 1. The monoisotopic (exact) mass is 363 g/mol. The minimum Gasteiger partial charge on any atom is -0.333 e. The number of carbonyl (C=O) groups is 1. The summed E-state index contributed by atoms with van der Waals surface area (Å²) >= 11 is 3.20. The highest BCUT2D eigenvalue weighted by atomic mass is 79.9. The van der Waals surface area contributed by atoms with E-state index in [2.05, 4.69) is 21.2 Å². The topological polar surface area (TPSA) is 75.5 Å². The lowest BCUT2D eigenvalue weighted by atomic mass is 10.1. The molecule has 1 aliphatic heterocycles. The van der Waals surface area contributed by atoms with Crippen LogP contribution in [0, 0.1) is 10.1 Å². The zero-order chi connectivity index (χ0) is 14.0. The van der Waals surface area contributed by atoms with E-state index in [1.54, 1.807) is 11.0 Å². The molecule has 0 spiro atoms. The van der Waals surface area contributed by atoms with Gasteiger partial charge in [0, 0.05) is 47.8 Å². The predicted octanol–water partition coefficient (Wildman–Crippen LogP) is 2.21. The first-order chi connectivity index (χ1) is 8.99. The minimum atomic E-state index is -0.497. The van der Waals surface area contributed by atoms with E-state index in [4.69, 9.17) is 0 Å². The normalized spacial score (nSPS) is 18.3.